The van der Waals surface area contributed by atoms with E-state index in [1.807, 2.05) is 5.32 Å². The van der Waals surface area contributed by atoms with Crippen LogP contribution in [0.3, 0.4) is 0 Å². The molecule has 27 heteroatoms. The number of amides is 2. The van der Waals surface area contributed by atoms with Gasteiger partial charge in [0.1, 0.15) is 17.6 Å². The molecular formula is C31H48B2ClN7O17. The Kier molecular flexibility index (Phi) is 28.1. The number of carbonyl (C=O) groups is 7. The Bertz CT molecular complexity index is 1690. The summed E-state index contributed by atoms with van der Waals surface area (Å²) in [7, 11) is 8.51. The molecule has 1 aromatic heterocycles. The molecule has 0 spiro atoms. The third-order valence-corrected chi connectivity index (χ3v) is 7.18. The number of hydrogen-bond acceptors (Lipinski definition) is 20. The number of fused-ring (bicyclic) bond motifs is 1. The molecule has 0 fully saturated rings. The summed E-state index contributed by atoms with van der Waals surface area (Å²) in [5.74, 6) is -5.26. The zero-order valence-electron chi connectivity index (χ0n) is 32.6. The second-order valence-electron chi connectivity index (χ2n) is 11.4. The zero-order chi connectivity index (χ0) is 45.1. The first-order valence-electron chi connectivity index (χ1n) is 16.7. The summed E-state index contributed by atoms with van der Waals surface area (Å²) in [6.45, 7) is 4.18. The van der Waals surface area contributed by atoms with Gasteiger partial charge in [0.05, 0.1) is 52.1 Å². The number of carbonyl (C=O) groups excluding carboxylic acids is 6. The number of nitrogens with one attached hydrogen (secondary N) is 4. The van der Waals surface area contributed by atoms with Gasteiger partial charge in [0, 0.05) is 12.8 Å². The Hall–Kier alpha value is -5.40. The van der Waals surface area contributed by atoms with Crippen LogP contribution >= 0.6 is 11.8 Å². The van der Waals surface area contributed by atoms with Crippen molar-refractivity contribution >= 4 is 79.1 Å². The van der Waals surface area contributed by atoms with Crippen molar-refractivity contribution in [3.63, 3.8) is 0 Å². The molecule has 2 radical (unpaired) electrons. The normalized spacial score (nSPS) is 13.2. The number of carboxylic acids is 1. The van der Waals surface area contributed by atoms with E-state index in [0.717, 1.165) is 7.11 Å². The molecule has 58 heavy (non-hydrogen) atoms. The smallest absolute Gasteiger partial charge is 0.374 e. The quantitative estimate of drug-likeness (QED) is 0.0252. The Labute approximate surface area is 338 Å². The van der Waals surface area contributed by atoms with E-state index in [9.17, 15) is 48.5 Å². The summed E-state index contributed by atoms with van der Waals surface area (Å²) in [6.07, 6.45) is -2.16. The Morgan fingerprint density at radius 3 is 1.72 bits per heavy atom. The molecule has 322 valence electrons. The van der Waals surface area contributed by atoms with Crippen LogP contribution < -0.4 is 26.3 Å². The number of halogens is 1. The molecule has 3 unspecified atom stereocenters. The van der Waals surface area contributed by atoms with E-state index in [4.69, 9.17) is 35.0 Å². The molecule has 2 amide bonds. The van der Waals surface area contributed by atoms with E-state index in [2.05, 4.69) is 44.6 Å². The minimum Gasteiger partial charge on any atom is -0.480 e. The molecule has 2 aromatic rings. The molecule has 0 saturated carbocycles. The number of nitrogens with zero attached hydrogens (tertiary/aromatic N) is 3. The van der Waals surface area contributed by atoms with Crippen molar-refractivity contribution in [2.24, 2.45) is 0 Å². The summed E-state index contributed by atoms with van der Waals surface area (Å²) >= 11 is 5.13. The van der Waals surface area contributed by atoms with Crippen molar-refractivity contribution in [1.29, 1.82) is 0 Å². The number of carboxylic acid groups (broad SMARTS) is 1. The van der Waals surface area contributed by atoms with Gasteiger partial charge in [-0.25, -0.2) is 14.4 Å². The van der Waals surface area contributed by atoms with E-state index in [1.165, 1.54) is 42.0 Å². The van der Waals surface area contributed by atoms with Crippen LogP contribution in [0.2, 0.25) is 6.82 Å². The third kappa shape index (κ3) is 22.4. The van der Waals surface area contributed by atoms with Crippen LogP contribution in [0.4, 0.5) is 4.79 Å². The number of methoxy groups -OCH3 is 4. The first-order valence-corrected chi connectivity index (χ1v) is 17.1. The van der Waals surface area contributed by atoms with Gasteiger partial charge in [0.15, 0.2) is 11.8 Å². The number of hydrogen-bond donors (Lipinski definition) is 9. The van der Waals surface area contributed by atoms with E-state index < -0.39 is 90.5 Å². The average Bonchev–Trinajstić information content (AvgIpc) is 3.18. The van der Waals surface area contributed by atoms with Crippen molar-refractivity contribution < 1.29 is 78.1 Å². The van der Waals surface area contributed by atoms with Crippen LogP contribution in [-0.2, 0) is 47.7 Å². The van der Waals surface area contributed by atoms with Crippen LogP contribution in [0.15, 0.2) is 29.1 Å². The SMILES string of the molecule is COC(=O)CCC(NB(C)O)C(=O)NC(C(=O)OC)C(C)O.COC(=O)[C@@H](NCl)[C@@H](C)O.O=c1c2ccccc2nnn1O.[B]C(=O)N[C@@H](CCC(=O)OC)C(=O)O. The second-order valence-corrected chi connectivity index (χ2v) is 11.6. The Morgan fingerprint density at radius 2 is 1.33 bits per heavy atom. The number of aliphatic carboxylic acids is 1. The lowest BCUT2D eigenvalue weighted by Gasteiger charge is -2.23. The van der Waals surface area contributed by atoms with E-state index >= 15 is 0 Å². The van der Waals surface area contributed by atoms with Crippen LogP contribution in [-0.4, -0.2) is 162 Å². The topological polar surface area (TPSA) is 353 Å². The third-order valence-electron chi connectivity index (χ3n) is 6.95. The van der Waals surface area contributed by atoms with Crippen LogP contribution in [0.1, 0.15) is 39.5 Å². The molecule has 1 heterocycles. The highest BCUT2D eigenvalue weighted by molar-refractivity contribution is 6.57. The Morgan fingerprint density at radius 1 is 0.845 bits per heavy atom. The summed E-state index contributed by atoms with van der Waals surface area (Å²) in [5, 5.41) is 59.2. The van der Waals surface area contributed by atoms with Gasteiger partial charge in [-0.2, -0.15) is 0 Å². The van der Waals surface area contributed by atoms with Gasteiger partial charge in [-0.1, -0.05) is 12.1 Å². The molecule has 0 aliphatic heterocycles. The molecule has 2 rings (SSSR count). The van der Waals surface area contributed by atoms with E-state index in [0.29, 0.717) is 10.9 Å². The molecule has 0 bridgehead atoms. The number of aromatic nitrogens is 3. The number of rotatable bonds is 17. The number of benzene rings is 1. The zero-order valence-corrected chi connectivity index (χ0v) is 33.4. The van der Waals surface area contributed by atoms with Crippen molar-refractivity contribution in [1.82, 2.24) is 35.9 Å². The fraction of sp³-hybridized carbons (Fsp3) is 0.548. The van der Waals surface area contributed by atoms with E-state index in [1.54, 1.807) is 24.3 Å². The van der Waals surface area contributed by atoms with Gasteiger partial charge < -0.3 is 60.4 Å². The van der Waals surface area contributed by atoms with Gasteiger partial charge in [-0.15, -0.1) is 5.10 Å². The fourth-order valence-corrected chi connectivity index (χ4v) is 4.21. The predicted octanol–water partition coefficient (Wildman–Crippen LogP) is -3.00. The number of ether oxygens (including phenoxy) is 4. The van der Waals surface area contributed by atoms with Crippen molar-refractivity contribution in [2.45, 2.75) is 82.7 Å². The first-order chi connectivity index (χ1) is 27.1. The van der Waals surface area contributed by atoms with Gasteiger partial charge in [-0.05, 0) is 67.5 Å². The minimum absolute atomic E-state index is 0.0497. The summed E-state index contributed by atoms with van der Waals surface area (Å²) < 4.78 is 17.6. The molecule has 0 saturated heterocycles. The standard InChI is InChI=1S/C12H23BN2O7.C7H10BNO5.C7H5N3O2.C5H10ClNO3/c1-7(16)10(12(19)22-4)14-11(18)8(15-13(2)20)5-6-9(17)21-3;1-14-5(10)3-2-4(6(11)12)9-7(8)13;11-7-5-3-1-2-4-6(5)8-9-10(7)12;1-3(8)4(7-6)5(9)10-2/h7-8,10,15-16,20H,5-6H2,1-4H3,(H,14,18);4H,2-3H2,1H3,(H,9,13)(H,11,12);1-4,12H;3-4,7-8H,1-2H3/t;4-;;3-,4+/m.0.1/s1. The van der Waals surface area contributed by atoms with Crippen LogP contribution in [0, 0.1) is 0 Å². The van der Waals surface area contributed by atoms with Crippen molar-refractivity contribution in [3.8, 4) is 0 Å². The van der Waals surface area contributed by atoms with Gasteiger partial charge in [0.2, 0.25) is 13.8 Å². The van der Waals surface area contributed by atoms with E-state index in [-0.39, 0.29) is 30.5 Å². The molecule has 24 nitrogen and oxygen atoms in total. The maximum atomic E-state index is 12.2. The van der Waals surface area contributed by atoms with Crippen LogP contribution in [0.25, 0.3) is 10.9 Å². The first kappa shape index (κ1) is 54.7. The van der Waals surface area contributed by atoms with Crippen LogP contribution in [0.5, 0.6) is 0 Å². The number of esters is 4. The molecular weight excluding hydrogens is 799 g/mol. The summed E-state index contributed by atoms with van der Waals surface area (Å²) in [6, 6.07) is 2.49. The molecule has 0 aliphatic rings. The average molecular weight is 848 g/mol. The van der Waals surface area contributed by atoms with Crippen molar-refractivity contribution in [2.75, 3.05) is 28.4 Å². The minimum atomic E-state index is -1.24. The largest absolute Gasteiger partial charge is 0.480 e. The lowest BCUT2D eigenvalue weighted by atomic mass is 9.86. The number of aliphatic hydroxyl groups excluding tert-OH is 2. The van der Waals surface area contributed by atoms with Gasteiger partial charge in [-0.3, -0.25) is 28.8 Å². The highest BCUT2D eigenvalue weighted by atomic mass is 35.5. The second kappa shape index (κ2) is 29.8. The lowest BCUT2D eigenvalue weighted by molar-refractivity contribution is -0.148. The molecule has 1 aromatic carbocycles. The number of aliphatic hydroxyl groups is 2. The van der Waals surface area contributed by atoms with Gasteiger partial charge in [0.25, 0.3) is 0 Å². The fourth-order valence-electron chi connectivity index (χ4n) is 3.94. The maximum Gasteiger partial charge on any atom is 0.374 e. The highest BCUT2D eigenvalue weighted by Crippen LogP contribution is 2.04. The maximum absolute atomic E-state index is 12.2. The molecule has 6 atom stereocenters. The summed E-state index contributed by atoms with van der Waals surface area (Å²) in [4.78, 5) is 90.5. The lowest BCUT2D eigenvalue weighted by Crippen LogP contribution is -2.56. The highest BCUT2D eigenvalue weighted by Gasteiger charge is 2.30. The molecule has 0 aliphatic carbocycles. The predicted molar refractivity (Wildman–Crippen MR) is 202 cm³/mol. The monoisotopic (exact) mass is 847 g/mol. The molecule has 9 N–H and O–H groups in total. The van der Waals surface area contributed by atoms with Crippen molar-refractivity contribution in [3.05, 3.63) is 34.6 Å². The van der Waals surface area contributed by atoms with Gasteiger partial charge >= 0.3 is 42.5 Å². The summed E-state index contributed by atoms with van der Waals surface area (Å²) in [5.41, 5.74) is -0.0756. The Balaban J connectivity index is 0.